The monoisotopic (exact) mass is 515 g/mol. The van der Waals surface area contributed by atoms with Gasteiger partial charge in [-0.05, 0) is 80.3 Å². The first-order chi connectivity index (χ1) is 18.5. The molecule has 1 aromatic heterocycles. The summed E-state index contributed by atoms with van der Waals surface area (Å²) in [5.41, 5.74) is 5.10. The minimum Gasteiger partial charge on any atom is -0.493 e. The lowest BCUT2D eigenvalue weighted by Crippen LogP contribution is -2.24. The molecule has 38 heavy (non-hydrogen) atoms. The second-order valence-electron chi connectivity index (χ2n) is 9.48. The van der Waals surface area contributed by atoms with Gasteiger partial charge in [-0.3, -0.25) is 4.79 Å². The molecule has 7 nitrogen and oxygen atoms in total. The first kappa shape index (κ1) is 27.0. The number of aryl methyl sites for hydroxylation is 3. The van der Waals surface area contributed by atoms with Gasteiger partial charge in [-0.2, -0.15) is 0 Å². The smallest absolute Gasteiger partial charge is 0.251 e. The van der Waals surface area contributed by atoms with Gasteiger partial charge in [0.25, 0.3) is 5.91 Å². The number of carbonyl (C=O) groups is 1. The van der Waals surface area contributed by atoms with Gasteiger partial charge in [-0.1, -0.05) is 24.6 Å². The van der Waals surface area contributed by atoms with Gasteiger partial charge < -0.3 is 24.1 Å². The second-order valence-corrected chi connectivity index (χ2v) is 9.48. The van der Waals surface area contributed by atoms with Crippen LogP contribution in [0.5, 0.6) is 17.2 Å². The first-order valence-electron chi connectivity index (χ1n) is 13.1. The van der Waals surface area contributed by atoms with Crippen molar-refractivity contribution in [3.63, 3.8) is 0 Å². The van der Waals surface area contributed by atoms with E-state index in [0.717, 1.165) is 54.8 Å². The van der Waals surface area contributed by atoms with Crippen LogP contribution in [-0.2, 0) is 13.0 Å². The Kier molecular flexibility index (Phi) is 9.25. The summed E-state index contributed by atoms with van der Waals surface area (Å²) in [6.07, 6.45) is 3.76. The summed E-state index contributed by atoms with van der Waals surface area (Å²) < 4.78 is 18.9. The Morgan fingerprint density at radius 2 is 1.66 bits per heavy atom. The van der Waals surface area contributed by atoms with Crippen LogP contribution >= 0.6 is 0 Å². The molecule has 0 fully saturated rings. The van der Waals surface area contributed by atoms with Crippen LogP contribution in [0.1, 0.15) is 46.6 Å². The molecule has 0 saturated heterocycles. The van der Waals surface area contributed by atoms with Crippen molar-refractivity contribution in [1.29, 1.82) is 0 Å². The van der Waals surface area contributed by atoms with Crippen LogP contribution in [0.3, 0.4) is 0 Å². The van der Waals surface area contributed by atoms with Crippen LogP contribution in [0.15, 0.2) is 60.7 Å². The van der Waals surface area contributed by atoms with Crippen molar-refractivity contribution in [2.75, 3.05) is 27.4 Å². The van der Waals surface area contributed by atoms with Crippen LogP contribution < -0.4 is 19.5 Å². The zero-order valence-electron chi connectivity index (χ0n) is 22.8. The lowest BCUT2D eigenvalue weighted by molar-refractivity contribution is 0.0952. The van der Waals surface area contributed by atoms with Gasteiger partial charge in [0.05, 0.1) is 31.8 Å². The highest BCUT2D eigenvalue weighted by Gasteiger charge is 2.12. The fourth-order valence-corrected chi connectivity index (χ4v) is 4.70. The van der Waals surface area contributed by atoms with E-state index in [2.05, 4.69) is 60.1 Å². The highest BCUT2D eigenvalue weighted by atomic mass is 16.5. The number of nitrogens with zero attached hydrogens (tertiary/aromatic N) is 2. The number of methoxy groups -OCH3 is 2. The molecule has 0 aliphatic heterocycles. The molecular weight excluding hydrogens is 478 g/mol. The van der Waals surface area contributed by atoms with Gasteiger partial charge in [-0.15, -0.1) is 0 Å². The molecule has 4 rings (SSSR count). The van der Waals surface area contributed by atoms with E-state index in [1.807, 2.05) is 6.07 Å². The third-order valence-electron chi connectivity index (χ3n) is 6.52. The molecule has 0 aliphatic carbocycles. The Hall–Kier alpha value is -4.00. The van der Waals surface area contributed by atoms with Crippen molar-refractivity contribution in [3.8, 4) is 17.2 Å². The molecule has 0 bridgehead atoms. The molecule has 0 saturated carbocycles. The van der Waals surface area contributed by atoms with Gasteiger partial charge in [-0.25, -0.2) is 4.98 Å². The number of fused-ring (bicyclic) bond motifs is 1. The van der Waals surface area contributed by atoms with Crippen molar-refractivity contribution in [2.24, 2.45) is 0 Å². The molecule has 4 aromatic rings. The van der Waals surface area contributed by atoms with Gasteiger partial charge >= 0.3 is 0 Å². The van der Waals surface area contributed by atoms with Gasteiger partial charge in [0, 0.05) is 18.5 Å². The Morgan fingerprint density at radius 1 is 0.895 bits per heavy atom. The highest BCUT2D eigenvalue weighted by molar-refractivity contribution is 5.94. The van der Waals surface area contributed by atoms with Crippen molar-refractivity contribution < 1.29 is 19.0 Å². The number of imidazole rings is 1. The standard InChI is InChI=1S/C31H37N3O4/c1-22-18-23(2)20-25(19-22)38-17-16-34-27-11-8-7-10-26(27)33-30(34)12-6-5-9-15-32-31(35)24-13-14-28(36-3)29(21-24)37-4/h7-8,10-11,13-14,18-21H,5-6,9,12,15-17H2,1-4H3,(H,32,35). The maximum atomic E-state index is 12.5. The summed E-state index contributed by atoms with van der Waals surface area (Å²) in [5.74, 6) is 3.01. The van der Waals surface area contributed by atoms with E-state index in [1.165, 1.54) is 11.1 Å². The largest absolute Gasteiger partial charge is 0.493 e. The number of carbonyl (C=O) groups excluding carboxylic acids is 1. The topological polar surface area (TPSA) is 74.6 Å². The van der Waals surface area contributed by atoms with E-state index in [1.54, 1.807) is 32.4 Å². The number of hydrogen-bond donors (Lipinski definition) is 1. The molecule has 0 spiro atoms. The Balaban J connectivity index is 1.27. The third-order valence-corrected chi connectivity index (χ3v) is 6.52. The molecule has 0 atom stereocenters. The maximum Gasteiger partial charge on any atom is 0.251 e. The summed E-state index contributed by atoms with van der Waals surface area (Å²) in [7, 11) is 3.14. The number of ether oxygens (including phenoxy) is 3. The number of para-hydroxylation sites is 2. The number of unbranched alkanes of at least 4 members (excludes halogenated alkanes) is 2. The molecule has 1 N–H and O–H groups in total. The Labute approximate surface area is 224 Å². The van der Waals surface area contributed by atoms with E-state index < -0.39 is 0 Å². The lowest BCUT2D eigenvalue weighted by atomic mass is 10.1. The minimum absolute atomic E-state index is 0.114. The molecule has 200 valence electrons. The maximum absolute atomic E-state index is 12.5. The first-order valence-corrected chi connectivity index (χ1v) is 13.1. The number of amides is 1. The number of benzene rings is 3. The minimum atomic E-state index is -0.114. The predicted molar refractivity (Wildman–Crippen MR) is 151 cm³/mol. The average Bonchev–Trinajstić information content (AvgIpc) is 3.26. The fourth-order valence-electron chi connectivity index (χ4n) is 4.70. The van der Waals surface area contributed by atoms with Gasteiger partial charge in [0.2, 0.25) is 0 Å². The summed E-state index contributed by atoms with van der Waals surface area (Å²) in [5, 5.41) is 3.00. The fraction of sp³-hybridized carbons (Fsp3) is 0.355. The highest BCUT2D eigenvalue weighted by Crippen LogP contribution is 2.27. The number of aromatic nitrogens is 2. The SMILES string of the molecule is COc1ccc(C(=O)NCCCCCc2nc3ccccc3n2CCOc2cc(C)cc(C)c2)cc1OC. The molecule has 1 amide bonds. The van der Waals surface area contributed by atoms with E-state index in [9.17, 15) is 4.79 Å². The van der Waals surface area contributed by atoms with E-state index in [-0.39, 0.29) is 5.91 Å². The summed E-state index contributed by atoms with van der Waals surface area (Å²) in [6.45, 7) is 6.11. The lowest BCUT2D eigenvalue weighted by Gasteiger charge is -2.12. The van der Waals surface area contributed by atoms with E-state index in [4.69, 9.17) is 19.2 Å². The van der Waals surface area contributed by atoms with Crippen LogP contribution in [0.2, 0.25) is 0 Å². The number of nitrogens with one attached hydrogen (secondary N) is 1. The Morgan fingerprint density at radius 3 is 2.42 bits per heavy atom. The van der Waals surface area contributed by atoms with Crippen LogP contribution in [0, 0.1) is 13.8 Å². The molecule has 1 heterocycles. The normalized spacial score (nSPS) is 10.9. The molecule has 0 radical (unpaired) electrons. The van der Waals surface area contributed by atoms with Crippen LogP contribution in [-0.4, -0.2) is 42.8 Å². The van der Waals surface area contributed by atoms with Crippen LogP contribution in [0.4, 0.5) is 0 Å². The van der Waals surface area contributed by atoms with Crippen molar-refractivity contribution in [3.05, 3.63) is 83.2 Å². The van der Waals surface area contributed by atoms with Gasteiger partial charge in [0.15, 0.2) is 11.5 Å². The molecule has 0 unspecified atom stereocenters. The van der Waals surface area contributed by atoms with Crippen molar-refractivity contribution >= 4 is 16.9 Å². The summed E-state index contributed by atoms with van der Waals surface area (Å²) in [6, 6.07) is 19.7. The summed E-state index contributed by atoms with van der Waals surface area (Å²) >= 11 is 0. The average molecular weight is 516 g/mol. The van der Waals surface area contributed by atoms with Crippen molar-refractivity contribution in [2.45, 2.75) is 46.1 Å². The van der Waals surface area contributed by atoms with E-state index >= 15 is 0 Å². The van der Waals surface area contributed by atoms with Crippen molar-refractivity contribution in [1.82, 2.24) is 14.9 Å². The molecule has 3 aromatic carbocycles. The summed E-state index contributed by atoms with van der Waals surface area (Å²) in [4.78, 5) is 17.4. The van der Waals surface area contributed by atoms with E-state index in [0.29, 0.717) is 30.2 Å². The predicted octanol–water partition coefficient (Wildman–Crippen LogP) is 5.89. The third kappa shape index (κ3) is 6.85. The molecule has 7 heteroatoms. The Bertz CT molecular complexity index is 1360. The quantitative estimate of drug-likeness (QED) is 0.225. The van der Waals surface area contributed by atoms with Crippen LogP contribution in [0.25, 0.3) is 11.0 Å². The van der Waals surface area contributed by atoms with Gasteiger partial charge in [0.1, 0.15) is 18.2 Å². The molecule has 0 aliphatic rings. The zero-order valence-corrected chi connectivity index (χ0v) is 22.8. The number of hydrogen-bond acceptors (Lipinski definition) is 5. The molecular formula is C31H37N3O4. The zero-order chi connectivity index (χ0) is 26.9. The number of rotatable bonds is 13. The second kappa shape index (κ2) is 13.0.